The fourth-order valence-corrected chi connectivity index (χ4v) is 3.02. The SMILES string of the molecule is Cc1[nH]c(=O)c(C#N)c(C)c1CCC(=O)Nc1ccc(Oc2ccc(F)cc2)nc1. The standard InChI is InChI=1S/C22H19FN4O3/c1-13-18(14(2)26-22(29)19(13)11-24)8-9-20(28)27-16-5-10-21(25-12-16)30-17-6-3-15(23)4-7-17/h3-7,10,12H,8-9H2,1-2H3,(H,26,29)(H,27,28). The van der Waals surface area contributed by atoms with Crippen LogP contribution in [0.2, 0.25) is 0 Å². The lowest BCUT2D eigenvalue weighted by Crippen LogP contribution is -2.18. The van der Waals surface area contributed by atoms with Gasteiger partial charge in [0, 0.05) is 18.2 Å². The maximum Gasteiger partial charge on any atom is 0.266 e. The highest BCUT2D eigenvalue weighted by Crippen LogP contribution is 2.21. The average molecular weight is 406 g/mol. The van der Waals surface area contributed by atoms with Crippen LogP contribution in [0.5, 0.6) is 11.6 Å². The molecule has 0 radical (unpaired) electrons. The van der Waals surface area contributed by atoms with Crippen LogP contribution in [0.3, 0.4) is 0 Å². The summed E-state index contributed by atoms with van der Waals surface area (Å²) in [6.07, 6.45) is 2.02. The van der Waals surface area contributed by atoms with Gasteiger partial charge < -0.3 is 15.0 Å². The molecule has 3 aromatic rings. The van der Waals surface area contributed by atoms with Gasteiger partial charge in [-0.15, -0.1) is 0 Å². The predicted octanol–water partition coefficient (Wildman–Crippen LogP) is 3.76. The molecule has 0 atom stereocenters. The third kappa shape index (κ3) is 4.89. The smallest absolute Gasteiger partial charge is 0.266 e. The van der Waals surface area contributed by atoms with Gasteiger partial charge in [0.1, 0.15) is 23.2 Å². The minimum absolute atomic E-state index is 0.0666. The van der Waals surface area contributed by atoms with E-state index in [9.17, 15) is 14.0 Å². The number of aryl methyl sites for hydroxylation is 1. The lowest BCUT2D eigenvalue weighted by atomic mass is 9.99. The van der Waals surface area contributed by atoms with Crippen LogP contribution in [0, 0.1) is 31.0 Å². The quantitative estimate of drug-likeness (QED) is 0.648. The molecule has 2 N–H and O–H groups in total. The lowest BCUT2D eigenvalue weighted by molar-refractivity contribution is -0.116. The van der Waals surface area contributed by atoms with Crippen LogP contribution in [-0.4, -0.2) is 15.9 Å². The van der Waals surface area contributed by atoms with Gasteiger partial charge in [-0.05, 0) is 61.7 Å². The molecule has 0 aliphatic heterocycles. The highest BCUT2D eigenvalue weighted by atomic mass is 19.1. The Bertz CT molecular complexity index is 1160. The van der Waals surface area contributed by atoms with E-state index < -0.39 is 5.56 Å². The van der Waals surface area contributed by atoms with E-state index in [1.54, 1.807) is 26.0 Å². The number of hydrogen-bond acceptors (Lipinski definition) is 5. The van der Waals surface area contributed by atoms with Crippen LogP contribution in [0.4, 0.5) is 10.1 Å². The zero-order valence-corrected chi connectivity index (χ0v) is 16.5. The number of nitrogens with one attached hydrogen (secondary N) is 2. The van der Waals surface area contributed by atoms with E-state index in [0.29, 0.717) is 35.0 Å². The van der Waals surface area contributed by atoms with Gasteiger partial charge in [0.05, 0.1) is 11.9 Å². The van der Waals surface area contributed by atoms with E-state index in [4.69, 9.17) is 10.00 Å². The number of carbonyl (C=O) groups excluding carboxylic acids is 1. The minimum atomic E-state index is -0.422. The zero-order chi connectivity index (χ0) is 21.7. The number of ether oxygens (including phenoxy) is 1. The van der Waals surface area contributed by atoms with Crippen LogP contribution in [0.25, 0.3) is 0 Å². The number of carbonyl (C=O) groups is 1. The van der Waals surface area contributed by atoms with Gasteiger partial charge in [0.25, 0.3) is 5.56 Å². The van der Waals surface area contributed by atoms with Crippen LogP contribution in [-0.2, 0) is 11.2 Å². The molecule has 1 amide bonds. The Morgan fingerprint density at radius 3 is 2.60 bits per heavy atom. The first kappa shape index (κ1) is 20.7. The molecule has 0 unspecified atom stereocenters. The van der Waals surface area contributed by atoms with E-state index >= 15 is 0 Å². The number of H-pyrrole nitrogens is 1. The Kier molecular flexibility index (Phi) is 6.23. The molecule has 0 aliphatic carbocycles. The molecule has 0 aliphatic rings. The highest BCUT2D eigenvalue weighted by molar-refractivity contribution is 5.90. The summed E-state index contributed by atoms with van der Waals surface area (Å²) in [7, 11) is 0. The molecule has 2 heterocycles. The van der Waals surface area contributed by atoms with Crippen molar-refractivity contribution in [3.63, 3.8) is 0 Å². The second-order valence-electron chi connectivity index (χ2n) is 6.66. The molecule has 0 fully saturated rings. The topological polar surface area (TPSA) is 108 Å². The first-order valence-electron chi connectivity index (χ1n) is 9.19. The Labute approximate surface area is 172 Å². The number of nitriles is 1. The molecule has 2 aromatic heterocycles. The fraction of sp³-hybridized carbons (Fsp3) is 0.182. The summed E-state index contributed by atoms with van der Waals surface area (Å²) in [4.78, 5) is 30.9. The van der Waals surface area contributed by atoms with E-state index in [2.05, 4.69) is 15.3 Å². The number of halogens is 1. The number of aromatic nitrogens is 2. The van der Waals surface area contributed by atoms with Crippen molar-refractivity contribution in [1.82, 2.24) is 9.97 Å². The number of hydrogen-bond donors (Lipinski definition) is 2. The molecule has 0 saturated carbocycles. The van der Waals surface area contributed by atoms with E-state index in [-0.39, 0.29) is 23.7 Å². The van der Waals surface area contributed by atoms with Crippen molar-refractivity contribution < 1.29 is 13.9 Å². The Morgan fingerprint density at radius 1 is 1.23 bits per heavy atom. The second-order valence-corrected chi connectivity index (χ2v) is 6.66. The molecule has 0 bridgehead atoms. The van der Waals surface area contributed by atoms with E-state index in [1.165, 1.54) is 30.5 Å². The molecule has 8 heteroatoms. The summed E-state index contributed by atoms with van der Waals surface area (Å²) in [5, 5.41) is 11.9. The van der Waals surface area contributed by atoms with Crippen LogP contribution < -0.4 is 15.6 Å². The van der Waals surface area contributed by atoms with E-state index in [1.807, 2.05) is 6.07 Å². The predicted molar refractivity (Wildman–Crippen MR) is 109 cm³/mol. The maximum atomic E-state index is 12.9. The number of nitrogens with zero attached hydrogens (tertiary/aromatic N) is 2. The number of aromatic amines is 1. The Morgan fingerprint density at radius 2 is 1.97 bits per heavy atom. The van der Waals surface area contributed by atoms with Gasteiger partial charge in [0.2, 0.25) is 11.8 Å². The summed E-state index contributed by atoms with van der Waals surface area (Å²) in [5.41, 5.74) is 2.16. The van der Waals surface area contributed by atoms with Gasteiger partial charge >= 0.3 is 0 Å². The molecule has 1 aromatic carbocycles. The van der Waals surface area contributed by atoms with Gasteiger partial charge in [0.15, 0.2) is 0 Å². The molecule has 3 rings (SSSR count). The van der Waals surface area contributed by atoms with Crippen molar-refractivity contribution in [2.24, 2.45) is 0 Å². The summed E-state index contributed by atoms with van der Waals surface area (Å²) in [5.74, 6) is 0.171. The van der Waals surface area contributed by atoms with Gasteiger partial charge in [-0.1, -0.05) is 0 Å². The van der Waals surface area contributed by atoms with Crippen molar-refractivity contribution in [1.29, 1.82) is 5.26 Å². The minimum Gasteiger partial charge on any atom is -0.439 e. The normalized spacial score (nSPS) is 10.3. The Hall–Kier alpha value is -3.99. The molecule has 30 heavy (non-hydrogen) atoms. The number of rotatable bonds is 6. The number of pyridine rings is 2. The molecule has 0 saturated heterocycles. The summed E-state index contributed by atoms with van der Waals surface area (Å²) < 4.78 is 18.4. The monoisotopic (exact) mass is 406 g/mol. The molecule has 0 spiro atoms. The first-order chi connectivity index (χ1) is 14.4. The highest BCUT2D eigenvalue weighted by Gasteiger charge is 2.13. The summed E-state index contributed by atoms with van der Waals surface area (Å²) in [6.45, 7) is 3.45. The molecule has 7 nitrogen and oxygen atoms in total. The van der Waals surface area contributed by atoms with Crippen molar-refractivity contribution in [3.8, 4) is 17.7 Å². The van der Waals surface area contributed by atoms with Crippen molar-refractivity contribution >= 4 is 11.6 Å². The summed E-state index contributed by atoms with van der Waals surface area (Å²) >= 11 is 0. The number of amides is 1. The summed E-state index contributed by atoms with van der Waals surface area (Å²) in [6, 6.07) is 10.7. The number of anilines is 1. The van der Waals surface area contributed by atoms with Crippen LogP contribution in [0.15, 0.2) is 47.4 Å². The second kappa shape index (κ2) is 9.01. The Balaban J connectivity index is 1.60. The van der Waals surface area contributed by atoms with E-state index in [0.717, 1.165) is 5.56 Å². The van der Waals surface area contributed by atoms with Crippen LogP contribution >= 0.6 is 0 Å². The average Bonchev–Trinajstić information content (AvgIpc) is 2.71. The van der Waals surface area contributed by atoms with Gasteiger partial charge in [-0.25, -0.2) is 9.37 Å². The maximum absolute atomic E-state index is 12.9. The van der Waals surface area contributed by atoms with Crippen molar-refractivity contribution in [3.05, 3.63) is 81.2 Å². The van der Waals surface area contributed by atoms with Crippen molar-refractivity contribution in [2.75, 3.05) is 5.32 Å². The fourth-order valence-electron chi connectivity index (χ4n) is 3.02. The van der Waals surface area contributed by atoms with Gasteiger partial charge in [-0.2, -0.15) is 5.26 Å². The zero-order valence-electron chi connectivity index (χ0n) is 16.5. The molecule has 152 valence electrons. The lowest BCUT2D eigenvalue weighted by Gasteiger charge is -2.11. The number of benzene rings is 1. The third-order valence-corrected chi connectivity index (χ3v) is 4.58. The van der Waals surface area contributed by atoms with Crippen LogP contribution in [0.1, 0.15) is 28.8 Å². The molecular formula is C22H19FN4O3. The largest absolute Gasteiger partial charge is 0.439 e. The third-order valence-electron chi connectivity index (χ3n) is 4.58. The van der Waals surface area contributed by atoms with Crippen molar-refractivity contribution in [2.45, 2.75) is 26.7 Å². The first-order valence-corrected chi connectivity index (χ1v) is 9.19. The van der Waals surface area contributed by atoms with Gasteiger partial charge in [-0.3, -0.25) is 9.59 Å². The molecular weight excluding hydrogens is 387 g/mol.